The molecule has 1 aromatic rings. The van der Waals surface area contributed by atoms with Crippen molar-refractivity contribution < 1.29 is 13.9 Å². The Morgan fingerprint density at radius 2 is 2.32 bits per heavy atom. The first-order valence-corrected chi connectivity index (χ1v) is 7.46. The number of nitrogens with zero attached hydrogens (tertiary/aromatic N) is 1. The van der Waals surface area contributed by atoms with E-state index in [-0.39, 0.29) is 36.0 Å². The maximum Gasteiger partial charge on any atom is 0.260 e. The number of carbonyl (C=O) groups excluding carboxylic acids is 1. The summed E-state index contributed by atoms with van der Waals surface area (Å²) < 4.78 is 18.3. The Hall–Kier alpha value is -1.04. The standard InChI is InChI=1S/C15H20ClFN2O2.ClH/c1-10(18)11-3-2-6-19(8-11)15(20)9-21-14-5-4-12(17)7-13(14)16;/h4-5,7,10-11H,2-3,6,8-9,18H2,1H3;1H. The minimum Gasteiger partial charge on any atom is -0.482 e. The summed E-state index contributed by atoms with van der Waals surface area (Å²) in [5.74, 6) is 0.111. The van der Waals surface area contributed by atoms with Gasteiger partial charge in [0.2, 0.25) is 0 Å². The van der Waals surface area contributed by atoms with Crippen LogP contribution < -0.4 is 10.5 Å². The number of carbonyl (C=O) groups is 1. The fourth-order valence-electron chi connectivity index (χ4n) is 2.49. The summed E-state index contributed by atoms with van der Waals surface area (Å²) in [5.41, 5.74) is 5.91. The number of halogens is 3. The van der Waals surface area contributed by atoms with E-state index in [9.17, 15) is 9.18 Å². The summed E-state index contributed by atoms with van der Waals surface area (Å²) in [6.07, 6.45) is 2.00. The molecule has 0 bridgehead atoms. The summed E-state index contributed by atoms with van der Waals surface area (Å²) in [4.78, 5) is 13.9. The molecule has 1 fully saturated rings. The quantitative estimate of drug-likeness (QED) is 0.908. The van der Waals surface area contributed by atoms with Crippen LogP contribution in [0.1, 0.15) is 19.8 Å². The molecule has 22 heavy (non-hydrogen) atoms. The Kier molecular flexibility index (Phi) is 7.39. The van der Waals surface area contributed by atoms with Crippen LogP contribution in [-0.2, 0) is 4.79 Å². The number of hydrogen-bond acceptors (Lipinski definition) is 3. The number of nitrogens with two attached hydrogens (primary N) is 1. The predicted octanol–water partition coefficient (Wildman–Crippen LogP) is 2.87. The van der Waals surface area contributed by atoms with Gasteiger partial charge >= 0.3 is 0 Å². The maximum atomic E-state index is 12.9. The van der Waals surface area contributed by atoms with Crippen LogP contribution >= 0.6 is 24.0 Å². The van der Waals surface area contributed by atoms with Crippen LogP contribution in [0.15, 0.2) is 18.2 Å². The second-order valence-corrected chi connectivity index (χ2v) is 5.87. The Bertz CT molecular complexity index is 514. The van der Waals surface area contributed by atoms with Gasteiger partial charge in [0.25, 0.3) is 5.91 Å². The van der Waals surface area contributed by atoms with Gasteiger partial charge in [-0.25, -0.2) is 4.39 Å². The van der Waals surface area contributed by atoms with Crippen molar-refractivity contribution in [3.8, 4) is 5.75 Å². The summed E-state index contributed by atoms with van der Waals surface area (Å²) in [6, 6.07) is 3.91. The van der Waals surface area contributed by atoms with Crippen LogP contribution in [-0.4, -0.2) is 36.5 Å². The summed E-state index contributed by atoms with van der Waals surface area (Å²) in [5, 5.41) is 0.162. The van der Waals surface area contributed by atoms with Crippen LogP contribution in [0.5, 0.6) is 5.75 Å². The molecular formula is C15H21Cl2FN2O2. The molecule has 0 aliphatic carbocycles. The van der Waals surface area contributed by atoms with Gasteiger partial charge in [0.15, 0.2) is 6.61 Å². The van der Waals surface area contributed by atoms with Crippen LogP contribution in [0.4, 0.5) is 4.39 Å². The van der Waals surface area contributed by atoms with Crippen molar-refractivity contribution in [2.45, 2.75) is 25.8 Å². The molecule has 1 aliphatic rings. The normalized spacial score (nSPS) is 19.3. The highest BCUT2D eigenvalue weighted by Crippen LogP contribution is 2.25. The van der Waals surface area contributed by atoms with Gasteiger partial charge < -0.3 is 15.4 Å². The third kappa shape index (κ3) is 5.00. The smallest absolute Gasteiger partial charge is 0.260 e. The lowest BCUT2D eigenvalue weighted by Gasteiger charge is -2.34. The highest BCUT2D eigenvalue weighted by atomic mass is 35.5. The van der Waals surface area contributed by atoms with Crippen molar-refractivity contribution in [1.82, 2.24) is 4.90 Å². The van der Waals surface area contributed by atoms with Gasteiger partial charge in [0.05, 0.1) is 5.02 Å². The Labute approximate surface area is 141 Å². The zero-order chi connectivity index (χ0) is 15.4. The van der Waals surface area contributed by atoms with Crippen molar-refractivity contribution in [3.63, 3.8) is 0 Å². The molecule has 0 spiro atoms. The molecular weight excluding hydrogens is 330 g/mol. The first-order chi connectivity index (χ1) is 9.97. The number of likely N-dealkylation sites (tertiary alicyclic amines) is 1. The Morgan fingerprint density at radius 1 is 1.59 bits per heavy atom. The zero-order valence-electron chi connectivity index (χ0n) is 12.4. The SMILES string of the molecule is CC(N)C1CCCN(C(=O)COc2ccc(F)cc2Cl)C1.Cl. The maximum absolute atomic E-state index is 12.9. The van der Waals surface area contributed by atoms with Crippen molar-refractivity contribution >= 4 is 29.9 Å². The van der Waals surface area contributed by atoms with Crippen LogP contribution in [0.2, 0.25) is 5.02 Å². The molecule has 1 heterocycles. The predicted molar refractivity (Wildman–Crippen MR) is 87.1 cm³/mol. The second-order valence-electron chi connectivity index (χ2n) is 5.46. The average Bonchev–Trinajstić information content (AvgIpc) is 2.46. The zero-order valence-corrected chi connectivity index (χ0v) is 14.0. The molecule has 2 unspecified atom stereocenters. The highest BCUT2D eigenvalue weighted by molar-refractivity contribution is 6.32. The van der Waals surface area contributed by atoms with Crippen molar-refractivity contribution in [2.75, 3.05) is 19.7 Å². The highest BCUT2D eigenvalue weighted by Gasteiger charge is 2.26. The minimum atomic E-state index is -0.436. The topological polar surface area (TPSA) is 55.6 Å². The number of benzene rings is 1. The van der Waals surface area contributed by atoms with Gasteiger partial charge in [-0.1, -0.05) is 11.6 Å². The fraction of sp³-hybridized carbons (Fsp3) is 0.533. The molecule has 0 aromatic heterocycles. The number of rotatable bonds is 4. The van der Waals surface area contributed by atoms with Gasteiger partial charge in [-0.15, -0.1) is 12.4 Å². The van der Waals surface area contributed by atoms with E-state index in [4.69, 9.17) is 22.1 Å². The van der Waals surface area contributed by atoms with Gasteiger partial charge in [0.1, 0.15) is 11.6 Å². The number of ether oxygens (including phenoxy) is 1. The van der Waals surface area contributed by atoms with Gasteiger partial charge in [-0.05, 0) is 43.9 Å². The van der Waals surface area contributed by atoms with Crippen LogP contribution in [0.3, 0.4) is 0 Å². The molecule has 2 rings (SSSR count). The summed E-state index contributed by atoms with van der Waals surface area (Å²) >= 11 is 5.86. The number of piperidine rings is 1. The van der Waals surface area contributed by atoms with E-state index in [1.165, 1.54) is 12.1 Å². The fourth-order valence-corrected chi connectivity index (χ4v) is 2.71. The second kappa shape index (κ2) is 8.56. The third-order valence-corrected chi connectivity index (χ3v) is 4.09. The van der Waals surface area contributed by atoms with Gasteiger partial charge in [-0.2, -0.15) is 0 Å². The molecule has 1 amide bonds. The first-order valence-electron chi connectivity index (χ1n) is 7.08. The van der Waals surface area contributed by atoms with Gasteiger partial charge in [-0.3, -0.25) is 4.79 Å². The average molecular weight is 351 g/mol. The van der Waals surface area contributed by atoms with E-state index in [0.717, 1.165) is 25.5 Å². The molecule has 1 saturated heterocycles. The molecule has 7 heteroatoms. The molecule has 0 radical (unpaired) electrons. The van der Waals surface area contributed by atoms with E-state index >= 15 is 0 Å². The summed E-state index contributed by atoms with van der Waals surface area (Å²) in [7, 11) is 0. The molecule has 124 valence electrons. The third-order valence-electron chi connectivity index (χ3n) is 3.80. The lowest BCUT2D eigenvalue weighted by Crippen LogP contribution is -2.46. The minimum absolute atomic E-state index is 0. The summed E-state index contributed by atoms with van der Waals surface area (Å²) in [6.45, 7) is 3.25. The van der Waals surface area contributed by atoms with Crippen LogP contribution in [0.25, 0.3) is 0 Å². The van der Waals surface area contributed by atoms with E-state index in [1.807, 2.05) is 6.92 Å². The van der Waals surface area contributed by atoms with E-state index < -0.39 is 5.82 Å². The van der Waals surface area contributed by atoms with Crippen molar-refractivity contribution in [3.05, 3.63) is 29.0 Å². The van der Waals surface area contributed by atoms with Gasteiger partial charge in [0, 0.05) is 19.1 Å². The molecule has 2 N–H and O–H groups in total. The first kappa shape index (κ1) is 19.0. The lowest BCUT2D eigenvalue weighted by molar-refractivity contribution is -0.135. The molecule has 2 atom stereocenters. The molecule has 0 saturated carbocycles. The Balaban J connectivity index is 0.00000242. The van der Waals surface area contributed by atoms with Crippen molar-refractivity contribution in [2.24, 2.45) is 11.7 Å². The Morgan fingerprint density at radius 3 is 2.95 bits per heavy atom. The largest absolute Gasteiger partial charge is 0.482 e. The molecule has 1 aliphatic heterocycles. The van der Waals surface area contributed by atoms with E-state index in [1.54, 1.807) is 4.90 Å². The molecule has 1 aromatic carbocycles. The monoisotopic (exact) mass is 350 g/mol. The lowest BCUT2D eigenvalue weighted by atomic mass is 9.92. The van der Waals surface area contributed by atoms with Crippen molar-refractivity contribution in [1.29, 1.82) is 0 Å². The van der Waals surface area contributed by atoms with E-state index in [0.29, 0.717) is 18.2 Å². The van der Waals surface area contributed by atoms with E-state index in [2.05, 4.69) is 0 Å². The van der Waals surface area contributed by atoms with Crippen LogP contribution in [0, 0.1) is 11.7 Å². The number of amides is 1. The number of hydrogen-bond donors (Lipinski definition) is 1. The molecule has 4 nitrogen and oxygen atoms in total.